The number of pyridine rings is 1. The van der Waals surface area contributed by atoms with E-state index in [2.05, 4.69) is 32.3 Å². The van der Waals surface area contributed by atoms with Gasteiger partial charge in [-0.15, -0.1) is 0 Å². The van der Waals surface area contributed by atoms with Crippen molar-refractivity contribution in [1.29, 1.82) is 0 Å². The Kier molecular flexibility index (Phi) is 7.28. The summed E-state index contributed by atoms with van der Waals surface area (Å²) in [6.07, 6.45) is 9.91. The van der Waals surface area contributed by atoms with Gasteiger partial charge in [0.1, 0.15) is 5.15 Å². The molecule has 1 amide bonds. The number of anilines is 1. The zero-order valence-corrected chi connectivity index (χ0v) is 20.8. The lowest BCUT2D eigenvalue weighted by molar-refractivity contribution is 0.102. The molecule has 0 atom stereocenters. The topological polar surface area (TPSA) is 57.6 Å². The number of likely N-dealkylation sites (tertiary alicyclic amines) is 1. The lowest BCUT2D eigenvalue weighted by Crippen LogP contribution is -2.33. The molecule has 3 aromatic rings. The summed E-state index contributed by atoms with van der Waals surface area (Å²) in [4.78, 5) is 23.9. The van der Waals surface area contributed by atoms with Gasteiger partial charge in [0.15, 0.2) is 0 Å². The van der Waals surface area contributed by atoms with Crippen molar-refractivity contribution in [1.82, 2.24) is 9.88 Å². The second-order valence-electron chi connectivity index (χ2n) is 8.91. The molecule has 1 fully saturated rings. The number of halogens is 2. The van der Waals surface area contributed by atoms with Crippen LogP contribution in [0.1, 0.15) is 51.4 Å². The summed E-state index contributed by atoms with van der Waals surface area (Å²) in [5.41, 5.74) is 6.13. The number of nitrogens with zero attached hydrogens (tertiary/aromatic N) is 3. The number of hydrogen-bond donors (Lipinski definition) is 1. The van der Waals surface area contributed by atoms with E-state index in [0.29, 0.717) is 23.2 Å². The third-order valence-electron chi connectivity index (χ3n) is 6.65. The fraction of sp³-hybridized carbons (Fsp3) is 0.250. The Morgan fingerprint density at radius 3 is 2.66 bits per heavy atom. The first-order valence-corrected chi connectivity index (χ1v) is 12.6. The summed E-state index contributed by atoms with van der Waals surface area (Å²) in [5, 5.41) is 4.19. The van der Waals surface area contributed by atoms with Gasteiger partial charge in [0, 0.05) is 35.2 Å². The van der Waals surface area contributed by atoms with Crippen LogP contribution in [0.5, 0.6) is 0 Å². The minimum atomic E-state index is -0.181. The van der Waals surface area contributed by atoms with Crippen LogP contribution < -0.4 is 5.32 Å². The molecule has 5 rings (SSSR count). The lowest BCUT2D eigenvalue weighted by atomic mass is 9.84. The number of rotatable bonds is 6. The summed E-state index contributed by atoms with van der Waals surface area (Å²) < 4.78 is 0. The average Bonchev–Trinajstić information content (AvgIpc) is 3.35. The van der Waals surface area contributed by atoms with Crippen LogP contribution in [0, 0.1) is 0 Å². The summed E-state index contributed by atoms with van der Waals surface area (Å²) in [6, 6.07) is 15.2. The largest absolute Gasteiger partial charge is 0.322 e. The van der Waals surface area contributed by atoms with Crippen molar-refractivity contribution in [3.05, 3.63) is 98.8 Å². The van der Waals surface area contributed by atoms with E-state index in [4.69, 9.17) is 23.2 Å². The molecule has 3 heterocycles. The number of fused-ring (bicyclic) bond motifs is 1. The number of benzene rings is 2. The van der Waals surface area contributed by atoms with Crippen LogP contribution in [0.25, 0.3) is 6.08 Å². The molecule has 2 aromatic carbocycles. The zero-order valence-electron chi connectivity index (χ0n) is 19.3. The first-order valence-electron chi connectivity index (χ1n) is 11.8. The summed E-state index contributed by atoms with van der Waals surface area (Å²) >= 11 is 12.0. The molecule has 0 bridgehead atoms. The highest BCUT2D eigenvalue weighted by molar-refractivity contribution is 6.30. The first-order chi connectivity index (χ1) is 17.1. The maximum atomic E-state index is 13.0. The van der Waals surface area contributed by atoms with Crippen LogP contribution in [0.15, 0.2) is 65.8 Å². The van der Waals surface area contributed by atoms with Crippen LogP contribution in [0.2, 0.25) is 10.2 Å². The summed E-state index contributed by atoms with van der Waals surface area (Å²) in [5.74, 6) is 0.193. The average molecular weight is 505 g/mol. The Balaban J connectivity index is 1.28. The van der Waals surface area contributed by atoms with Gasteiger partial charge < -0.3 is 5.32 Å². The molecule has 0 saturated carbocycles. The predicted octanol–water partition coefficient (Wildman–Crippen LogP) is 6.47. The molecular formula is C28H26Cl2N4O. The lowest BCUT2D eigenvalue weighted by Gasteiger charge is -2.33. The van der Waals surface area contributed by atoms with Gasteiger partial charge in [-0.1, -0.05) is 53.6 Å². The number of hydrogen-bond acceptors (Lipinski definition) is 4. The number of carbonyl (C=O) groups is 1. The van der Waals surface area contributed by atoms with Crippen molar-refractivity contribution in [2.45, 2.75) is 25.3 Å². The van der Waals surface area contributed by atoms with Gasteiger partial charge in [0.25, 0.3) is 5.91 Å². The Hall–Kier alpha value is -2.99. The number of aromatic nitrogens is 1. The smallest absolute Gasteiger partial charge is 0.255 e. The highest BCUT2D eigenvalue weighted by Crippen LogP contribution is 2.38. The second kappa shape index (κ2) is 10.7. The highest BCUT2D eigenvalue weighted by atomic mass is 35.5. The van der Waals surface area contributed by atoms with Gasteiger partial charge in [-0.05, 0) is 84.4 Å². The van der Waals surface area contributed by atoms with Crippen molar-refractivity contribution in [3.63, 3.8) is 0 Å². The van der Waals surface area contributed by atoms with Crippen molar-refractivity contribution in [2.24, 2.45) is 4.99 Å². The van der Waals surface area contributed by atoms with Crippen LogP contribution in [0.4, 0.5) is 5.69 Å². The monoisotopic (exact) mass is 504 g/mol. The van der Waals surface area contributed by atoms with E-state index in [0.717, 1.165) is 54.3 Å². The normalized spacial score (nSPS) is 16.1. The fourth-order valence-corrected chi connectivity index (χ4v) is 5.14. The SMILES string of the molecule is O=C(Nc1ccc2c(c1C1CCN(C/C=C/c3ccc(Cl)cc3)CC1)CN=C2)c1ccnc(Cl)c1. The molecule has 0 radical (unpaired) electrons. The van der Waals surface area contributed by atoms with E-state index >= 15 is 0 Å². The van der Waals surface area contributed by atoms with E-state index in [9.17, 15) is 4.79 Å². The van der Waals surface area contributed by atoms with E-state index in [1.54, 1.807) is 18.3 Å². The van der Waals surface area contributed by atoms with Crippen LogP contribution in [0.3, 0.4) is 0 Å². The van der Waals surface area contributed by atoms with Crippen LogP contribution in [-0.4, -0.2) is 41.6 Å². The quantitative estimate of drug-likeness (QED) is 0.391. The number of piperidine rings is 1. The summed E-state index contributed by atoms with van der Waals surface area (Å²) in [7, 11) is 0. The summed E-state index contributed by atoms with van der Waals surface area (Å²) in [6.45, 7) is 3.60. The molecule has 7 heteroatoms. The molecule has 0 spiro atoms. The van der Waals surface area contributed by atoms with Crippen molar-refractivity contribution >= 4 is 47.1 Å². The Morgan fingerprint density at radius 1 is 1.09 bits per heavy atom. The molecule has 2 aliphatic rings. The molecule has 35 heavy (non-hydrogen) atoms. The van der Waals surface area contributed by atoms with Crippen molar-refractivity contribution in [3.8, 4) is 0 Å². The third-order valence-corrected chi connectivity index (χ3v) is 7.11. The van der Waals surface area contributed by atoms with Crippen LogP contribution in [-0.2, 0) is 6.54 Å². The molecule has 5 nitrogen and oxygen atoms in total. The van der Waals surface area contributed by atoms with Gasteiger partial charge in [0.05, 0.1) is 6.54 Å². The maximum absolute atomic E-state index is 13.0. The van der Waals surface area contributed by atoms with E-state index in [-0.39, 0.29) is 5.91 Å². The molecule has 178 valence electrons. The van der Waals surface area contributed by atoms with E-state index in [1.807, 2.05) is 42.6 Å². The fourth-order valence-electron chi connectivity index (χ4n) is 4.84. The first kappa shape index (κ1) is 23.7. The highest BCUT2D eigenvalue weighted by Gasteiger charge is 2.27. The van der Waals surface area contributed by atoms with Gasteiger partial charge in [0.2, 0.25) is 0 Å². The molecule has 1 saturated heterocycles. The Morgan fingerprint density at radius 2 is 1.89 bits per heavy atom. The molecule has 1 N–H and O–H groups in total. The predicted molar refractivity (Wildman–Crippen MR) is 144 cm³/mol. The Bertz CT molecular complexity index is 1280. The van der Waals surface area contributed by atoms with Crippen LogP contribution >= 0.6 is 23.2 Å². The second-order valence-corrected chi connectivity index (χ2v) is 9.74. The standard InChI is InChI=1S/C28H26Cl2N4O/c29-23-6-3-19(4-7-23)2-1-13-34-14-10-20(11-15-34)27-24-18-31-17-22(24)5-8-25(27)33-28(35)21-9-12-32-26(30)16-21/h1-9,12,16-17,20H,10-11,13-15,18H2,(H,33,35)/b2-1+. The van der Waals surface area contributed by atoms with Gasteiger partial charge in [-0.25, -0.2) is 4.98 Å². The molecule has 1 aromatic heterocycles. The van der Waals surface area contributed by atoms with Gasteiger partial charge >= 0.3 is 0 Å². The minimum Gasteiger partial charge on any atom is -0.322 e. The molecule has 0 aliphatic carbocycles. The number of nitrogens with one attached hydrogen (secondary N) is 1. The van der Waals surface area contributed by atoms with E-state index < -0.39 is 0 Å². The van der Waals surface area contributed by atoms with E-state index in [1.165, 1.54) is 11.1 Å². The molecule has 0 unspecified atom stereocenters. The van der Waals surface area contributed by atoms with Gasteiger partial charge in [-0.3, -0.25) is 14.7 Å². The van der Waals surface area contributed by atoms with Crippen molar-refractivity contribution in [2.75, 3.05) is 25.0 Å². The molecule has 2 aliphatic heterocycles. The molecular weight excluding hydrogens is 479 g/mol. The van der Waals surface area contributed by atoms with Gasteiger partial charge in [-0.2, -0.15) is 0 Å². The zero-order chi connectivity index (χ0) is 24.2. The Labute approximate surface area is 215 Å². The number of aliphatic imine (C=N–C) groups is 1. The number of amides is 1. The third kappa shape index (κ3) is 5.64. The minimum absolute atomic E-state index is 0.181. The number of carbonyl (C=O) groups excluding carboxylic acids is 1. The van der Waals surface area contributed by atoms with Crippen molar-refractivity contribution < 1.29 is 4.79 Å². The maximum Gasteiger partial charge on any atom is 0.255 e.